The van der Waals surface area contributed by atoms with Crippen molar-refractivity contribution in [2.75, 3.05) is 0 Å². The van der Waals surface area contributed by atoms with Gasteiger partial charge in [0.15, 0.2) is 0 Å². The Hall–Kier alpha value is -0.790. The van der Waals surface area contributed by atoms with Gasteiger partial charge >= 0.3 is 5.97 Å². The molecule has 86 valence electrons. The van der Waals surface area contributed by atoms with E-state index in [9.17, 15) is 4.79 Å². The van der Waals surface area contributed by atoms with Crippen molar-refractivity contribution in [2.24, 2.45) is 0 Å². The quantitative estimate of drug-likeness (QED) is 0.523. The van der Waals surface area contributed by atoms with E-state index in [4.69, 9.17) is 4.74 Å². The number of hydrogen-bond acceptors (Lipinski definition) is 2. The Kier molecular flexibility index (Phi) is 4.37. The Labute approximate surface area is 92.7 Å². The number of carbonyl (C=O) groups excluding carboxylic acids is 1. The highest BCUT2D eigenvalue weighted by Crippen LogP contribution is 2.34. The van der Waals surface area contributed by atoms with Crippen LogP contribution in [0.2, 0.25) is 0 Å². The first-order valence-electron chi connectivity index (χ1n) is 6.04. The molecule has 0 aromatic carbocycles. The lowest BCUT2D eigenvalue weighted by atomic mass is 9.82. The van der Waals surface area contributed by atoms with Crippen LogP contribution in [0.1, 0.15) is 58.8 Å². The second-order valence-corrected chi connectivity index (χ2v) is 4.44. The van der Waals surface area contributed by atoms with Crippen molar-refractivity contribution in [1.29, 1.82) is 0 Å². The molecule has 2 heteroatoms. The Bertz CT molecular complexity index is 237. The van der Waals surface area contributed by atoms with Gasteiger partial charge in [0, 0.05) is 5.57 Å². The first kappa shape index (κ1) is 12.3. The standard InChI is InChI=1S/C13H22O2/c1-4-11(3)12(14)15-13(5-2)9-7-6-8-10-13/h3-10H2,1-2H3. The molecule has 2 nitrogen and oxygen atoms in total. The molecule has 1 saturated carbocycles. The number of rotatable bonds is 4. The third kappa shape index (κ3) is 3.08. The molecule has 0 radical (unpaired) electrons. The molecule has 0 spiro atoms. The second-order valence-electron chi connectivity index (χ2n) is 4.44. The van der Waals surface area contributed by atoms with Crippen molar-refractivity contribution in [1.82, 2.24) is 0 Å². The fraction of sp³-hybridized carbons (Fsp3) is 0.769. The number of esters is 1. The average molecular weight is 210 g/mol. The van der Waals surface area contributed by atoms with Crippen molar-refractivity contribution in [2.45, 2.75) is 64.4 Å². The van der Waals surface area contributed by atoms with Gasteiger partial charge in [-0.25, -0.2) is 4.79 Å². The van der Waals surface area contributed by atoms with Crippen LogP contribution < -0.4 is 0 Å². The third-order valence-corrected chi connectivity index (χ3v) is 3.43. The van der Waals surface area contributed by atoms with Gasteiger partial charge in [-0.1, -0.05) is 26.8 Å². The SMILES string of the molecule is C=C(CC)C(=O)OC1(CC)CCCCC1. The van der Waals surface area contributed by atoms with E-state index >= 15 is 0 Å². The molecule has 0 amide bonds. The van der Waals surface area contributed by atoms with E-state index in [0.29, 0.717) is 12.0 Å². The van der Waals surface area contributed by atoms with Crippen LogP contribution in [0, 0.1) is 0 Å². The molecule has 1 aliphatic rings. The molecule has 0 N–H and O–H groups in total. The molecule has 0 aliphatic heterocycles. The van der Waals surface area contributed by atoms with E-state index < -0.39 is 0 Å². The summed E-state index contributed by atoms with van der Waals surface area (Å²) in [6.07, 6.45) is 7.28. The zero-order valence-corrected chi connectivity index (χ0v) is 9.97. The molecule has 0 bridgehead atoms. The van der Waals surface area contributed by atoms with Gasteiger partial charge in [0.25, 0.3) is 0 Å². The summed E-state index contributed by atoms with van der Waals surface area (Å²) in [6.45, 7) is 7.77. The summed E-state index contributed by atoms with van der Waals surface area (Å²) < 4.78 is 5.64. The zero-order valence-electron chi connectivity index (χ0n) is 9.97. The van der Waals surface area contributed by atoms with E-state index in [1.165, 1.54) is 19.3 Å². The molecular weight excluding hydrogens is 188 g/mol. The number of carbonyl (C=O) groups is 1. The van der Waals surface area contributed by atoms with Crippen LogP contribution in [0.3, 0.4) is 0 Å². The largest absolute Gasteiger partial charge is 0.456 e. The number of ether oxygens (including phenoxy) is 1. The van der Waals surface area contributed by atoms with Crippen molar-refractivity contribution >= 4 is 5.97 Å². The van der Waals surface area contributed by atoms with E-state index in [0.717, 1.165) is 19.3 Å². The topological polar surface area (TPSA) is 26.3 Å². The van der Waals surface area contributed by atoms with Crippen LogP contribution in [-0.2, 0) is 9.53 Å². The minimum Gasteiger partial charge on any atom is -0.456 e. The van der Waals surface area contributed by atoms with Gasteiger partial charge in [0.1, 0.15) is 5.60 Å². The van der Waals surface area contributed by atoms with Gasteiger partial charge in [-0.05, 0) is 38.5 Å². The highest BCUT2D eigenvalue weighted by Gasteiger charge is 2.34. The van der Waals surface area contributed by atoms with Gasteiger partial charge in [0.2, 0.25) is 0 Å². The lowest BCUT2D eigenvalue weighted by Gasteiger charge is -2.36. The maximum Gasteiger partial charge on any atom is 0.333 e. The van der Waals surface area contributed by atoms with Gasteiger partial charge in [0.05, 0.1) is 0 Å². The highest BCUT2D eigenvalue weighted by atomic mass is 16.6. The molecule has 1 fully saturated rings. The average Bonchev–Trinajstić information content (AvgIpc) is 2.29. The van der Waals surface area contributed by atoms with Crippen molar-refractivity contribution < 1.29 is 9.53 Å². The fourth-order valence-corrected chi connectivity index (χ4v) is 2.14. The van der Waals surface area contributed by atoms with E-state index in [2.05, 4.69) is 13.5 Å². The predicted molar refractivity (Wildman–Crippen MR) is 61.6 cm³/mol. The molecule has 1 rings (SSSR count). The smallest absolute Gasteiger partial charge is 0.333 e. The third-order valence-electron chi connectivity index (χ3n) is 3.43. The van der Waals surface area contributed by atoms with Crippen LogP contribution in [0.15, 0.2) is 12.2 Å². The summed E-state index contributed by atoms with van der Waals surface area (Å²) in [5, 5.41) is 0. The lowest BCUT2D eigenvalue weighted by molar-refractivity contribution is -0.159. The summed E-state index contributed by atoms with van der Waals surface area (Å²) in [6, 6.07) is 0. The van der Waals surface area contributed by atoms with Crippen molar-refractivity contribution in [3.05, 3.63) is 12.2 Å². The molecular formula is C13H22O2. The first-order valence-corrected chi connectivity index (χ1v) is 6.04. The normalized spacial score (nSPS) is 19.6. The molecule has 0 heterocycles. The van der Waals surface area contributed by atoms with Crippen LogP contribution in [-0.4, -0.2) is 11.6 Å². The van der Waals surface area contributed by atoms with Crippen LogP contribution in [0.25, 0.3) is 0 Å². The van der Waals surface area contributed by atoms with Crippen LogP contribution >= 0.6 is 0 Å². The molecule has 15 heavy (non-hydrogen) atoms. The minimum absolute atomic E-state index is 0.187. The highest BCUT2D eigenvalue weighted by molar-refractivity contribution is 5.87. The summed E-state index contributed by atoms with van der Waals surface area (Å²) in [5.74, 6) is -0.193. The Morgan fingerprint density at radius 2 is 1.87 bits per heavy atom. The van der Waals surface area contributed by atoms with Gasteiger partial charge in [-0.2, -0.15) is 0 Å². The summed E-state index contributed by atoms with van der Waals surface area (Å²) in [4.78, 5) is 11.7. The molecule has 0 aromatic rings. The van der Waals surface area contributed by atoms with Gasteiger partial charge in [-0.3, -0.25) is 0 Å². The van der Waals surface area contributed by atoms with E-state index in [1.807, 2.05) is 6.92 Å². The van der Waals surface area contributed by atoms with Crippen LogP contribution in [0.4, 0.5) is 0 Å². The fourth-order valence-electron chi connectivity index (χ4n) is 2.14. The molecule has 0 aromatic heterocycles. The Morgan fingerprint density at radius 1 is 1.27 bits per heavy atom. The number of hydrogen-bond donors (Lipinski definition) is 0. The summed E-state index contributed by atoms with van der Waals surface area (Å²) >= 11 is 0. The minimum atomic E-state index is -0.193. The van der Waals surface area contributed by atoms with E-state index in [1.54, 1.807) is 0 Å². The lowest BCUT2D eigenvalue weighted by Crippen LogP contribution is -2.36. The molecule has 0 atom stereocenters. The van der Waals surface area contributed by atoms with Gasteiger partial charge in [-0.15, -0.1) is 0 Å². The predicted octanol–water partition coefficient (Wildman–Crippen LogP) is 3.61. The zero-order chi connectivity index (χ0) is 11.3. The van der Waals surface area contributed by atoms with Gasteiger partial charge < -0.3 is 4.74 Å². The monoisotopic (exact) mass is 210 g/mol. The maximum absolute atomic E-state index is 11.7. The molecule has 1 aliphatic carbocycles. The van der Waals surface area contributed by atoms with E-state index in [-0.39, 0.29) is 11.6 Å². The first-order chi connectivity index (χ1) is 7.13. The van der Waals surface area contributed by atoms with Crippen molar-refractivity contribution in [3.63, 3.8) is 0 Å². The molecule has 0 saturated heterocycles. The maximum atomic E-state index is 11.7. The second kappa shape index (κ2) is 5.34. The van der Waals surface area contributed by atoms with Crippen LogP contribution in [0.5, 0.6) is 0 Å². The molecule has 0 unspecified atom stereocenters. The summed E-state index contributed by atoms with van der Waals surface area (Å²) in [7, 11) is 0. The van der Waals surface area contributed by atoms with Crippen molar-refractivity contribution in [3.8, 4) is 0 Å². The Balaban J connectivity index is 2.59. The Morgan fingerprint density at radius 3 is 2.33 bits per heavy atom. The summed E-state index contributed by atoms with van der Waals surface area (Å²) in [5.41, 5.74) is 0.404.